The zero-order chi connectivity index (χ0) is 8.97. The molecule has 0 radical (unpaired) electrons. The van der Waals surface area contributed by atoms with Crippen molar-refractivity contribution in [3.63, 3.8) is 0 Å². The summed E-state index contributed by atoms with van der Waals surface area (Å²) in [7, 11) is 0. The van der Waals surface area contributed by atoms with Gasteiger partial charge in [-0.05, 0) is 0 Å². The minimum Gasteiger partial charge on any atom is -0.368 e. The monoisotopic (exact) mass is 166 g/mol. The molecule has 0 aromatic heterocycles. The van der Waals surface area contributed by atoms with Gasteiger partial charge >= 0.3 is 0 Å². The molecule has 1 saturated heterocycles. The van der Waals surface area contributed by atoms with Crippen LogP contribution in [-0.2, 0) is 9.53 Å². The summed E-state index contributed by atoms with van der Waals surface area (Å²) in [6.45, 7) is 4.31. The third-order valence-electron chi connectivity index (χ3n) is 1.67. The number of ether oxygens (including phenoxy) is 1. The standard InChI is InChI=1S/C8H10N2O2/c1-2-3-10-7(4-9)5-12-6-8(10)11/h2,7H,1,3,5-6H2. The Bertz CT molecular complexity index is 232. The van der Waals surface area contributed by atoms with Crippen LogP contribution >= 0.6 is 0 Å². The first kappa shape index (κ1) is 8.75. The Balaban J connectivity index is 2.67. The van der Waals surface area contributed by atoms with Crippen molar-refractivity contribution in [1.29, 1.82) is 5.26 Å². The first-order valence-corrected chi connectivity index (χ1v) is 3.67. The van der Waals surface area contributed by atoms with E-state index in [1.807, 2.05) is 6.07 Å². The lowest BCUT2D eigenvalue weighted by atomic mass is 10.2. The summed E-state index contributed by atoms with van der Waals surface area (Å²) in [5.41, 5.74) is 0. The summed E-state index contributed by atoms with van der Waals surface area (Å²) in [5.74, 6) is -0.146. The lowest BCUT2D eigenvalue weighted by Crippen LogP contribution is -2.48. The van der Waals surface area contributed by atoms with Gasteiger partial charge in [-0.3, -0.25) is 4.79 Å². The summed E-state index contributed by atoms with van der Waals surface area (Å²) in [4.78, 5) is 12.6. The van der Waals surface area contributed by atoms with Gasteiger partial charge in [-0.25, -0.2) is 0 Å². The molecular weight excluding hydrogens is 156 g/mol. The molecular formula is C8H10N2O2. The maximum absolute atomic E-state index is 11.2. The predicted octanol–water partition coefficient (Wildman–Crippen LogP) is -0.0766. The van der Waals surface area contributed by atoms with E-state index in [2.05, 4.69) is 6.58 Å². The number of rotatable bonds is 2. The lowest BCUT2D eigenvalue weighted by Gasteiger charge is -2.30. The van der Waals surface area contributed by atoms with E-state index in [-0.39, 0.29) is 12.5 Å². The summed E-state index contributed by atoms with van der Waals surface area (Å²) in [6.07, 6.45) is 1.60. The van der Waals surface area contributed by atoms with Crippen LogP contribution in [0.1, 0.15) is 0 Å². The van der Waals surface area contributed by atoms with E-state index in [1.165, 1.54) is 4.90 Å². The Kier molecular flexibility index (Phi) is 2.83. The summed E-state index contributed by atoms with van der Waals surface area (Å²) in [5, 5.41) is 8.65. The fourth-order valence-corrected chi connectivity index (χ4v) is 1.08. The van der Waals surface area contributed by atoms with Crippen LogP contribution in [0.15, 0.2) is 12.7 Å². The molecule has 0 saturated carbocycles. The third-order valence-corrected chi connectivity index (χ3v) is 1.67. The first-order chi connectivity index (χ1) is 5.79. The minimum atomic E-state index is -0.454. The number of hydrogen-bond donors (Lipinski definition) is 0. The SMILES string of the molecule is C=CCN1C(=O)COCC1C#N. The highest BCUT2D eigenvalue weighted by Gasteiger charge is 2.27. The molecule has 1 unspecified atom stereocenters. The zero-order valence-electron chi connectivity index (χ0n) is 6.69. The van der Waals surface area contributed by atoms with Crippen molar-refractivity contribution < 1.29 is 9.53 Å². The van der Waals surface area contributed by atoms with Crippen LogP contribution in [0.5, 0.6) is 0 Å². The highest BCUT2D eigenvalue weighted by Crippen LogP contribution is 2.06. The van der Waals surface area contributed by atoms with Gasteiger partial charge in [0.2, 0.25) is 5.91 Å². The van der Waals surface area contributed by atoms with E-state index >= 15 is 0 Å². The second-order valence-corrected chi connectivity index (χ2v) is 2.49. The molecule has 1 rings (SSSR count). The summed E-state index contributed by atoms with van der Waals surface area (Å²) < 4.78 is 4.91. The number of hydrogen-bond acceptors (Lipinski definition) is 3. The van der Waals surface area contributed by atoms with Crippen molar-refractivity contribution in [2.45, 2.75) is 6.04 Å². The Morgan fingerprint density at radius 3 is 3.25 bits per heavy atom. The molecule has 1 amide bonds. The van der Waals surface area contributed by atoms with E-state index in [1.54, 1.807) is 6.08 Å². The predicted molar refractivity (Wildman–Crippen MR) is 42.1 cm³/mol. The fourth-order valence-electron chi connectivity index (χ4n) is 1.08. The van der Waals surface area contributed by atoms with Crippen molar-refractivity contribution in [2.24, 2.45) is 0 Å². The summed E-state index contributed by atoms with van der Waals surface area (Å²) in [6, 6.07) is 1.55. The van der Waals surface area contributed by atoms with Gasteiger partial charge in [0.15, 0.2) is 0 Å². The van der Waals surface area contributed by atoms with Crippen LogP contribution in [0.25, 0.3) is 0 Å². The van der Waals surface area contributed by atoms with Gasteiger partial charge in [0, 0.05) is 6.54 Å². The van der Waals surface area contributed by atoms with Crippen molar-refractivity contribution >= 4 is 5.91 Å². The Morgan fingerprint density at radius 1 is 1.92 bits per heavy atom. The normalized spacial score (nSPS) is 23.4. The molecule has 1 heterocycles. The molecule has 4 nitrogen and oxygen atoms in total. The molecule has 1 aliphatic heterocycles. The van der Waals surface area contributed by atoms with Crippen LogP contribution < -0.4 is 0 Å². The van der Waals surface area contributed by atoms with Crippen LogP contribution in [0.4, 0.5) is 0 Å². The zero-order valence-corrected chi connectivity index (χ0v) is 6.69. The molecule has 1 atom stereocenters. The van der Waals surface area contributed by atoms with Gasteiger partial charge in [-0.2, -0.15) is 5.26 Å². The topological polar surface area (TPSA) is 53.3 Å². The van der Waals surface area contributed by atoms with Crippen LogP contribution in [0, 0.1) is 11.3 Å². The smallest absolute Gasteiger partial charge is 0.249 e. The van der Waals surface area contributed by atoms with Crippen LogP contribution in [0.3, 0.4) is 0 Å². The molecule has 0 spiro atoms. The number of carbonyl (C=O) groups is 1. The van der Waals surface area contributed by atoms with Gasteiger partial charge in [0.1, 0.15) is 12.6 Å². The van der Waals surface area contributed by atoms with Gasteiger partial charge in [-0.1, -0.05) is 6.08 Å². The van der Waals surface area contributed by atoms with Gasteiger partial charge < -0.3 is 9.64 Å². The van der Waals surface area contributed by atoms with E-state index in [0.29, 0.717) is 13.2 Å². The number of carbonyl (C=O) groups excluding carboxylic acids is 1. The molecule has 64 valence electrons. The lowest BCUT2D eigenvalue weighted by molar-refractivity contribution is -0.144. The van der Waals surface area contributed by atoms with E-state index in [4.69, 9.17) is 10.00 Å². The molecule has 0 aliphatic carbocycles. The molecule has 12 heavy (non-hydrogen) atoms. The number of nitrogens with zero attached hydrogens (tertiary/aromatic N) is 2. The molecule has 4 heteroatoms. The Hall–Kier alpha value is -1.34. The number of nitriles is 1. The molecule has 0 bridgehead atoms. The highest BCUT2D eigenvalue weighted by atomic mass is 16.5. The van der Waals surface area contributed by atoms with Gasteiger partial charge in [-0.15, -0.1) is 6.58 Å². The largest absolute Gasteiger partial charge is 0.368 e. The van der Waals surface area contributed by atoms with Crippen molar-refractivity contribution in [3.05, 3.63) is 12.7 Å². The first-order valence-electron chi connectivity index (χ1n) is 3.67. The van der Waals surface area contributed by atoms with Crippen molar-refractivity contribution in [1.82, 2.24) is 4.90 Å². The third kappa shape index (κ3) is 1.63. The quantitative estimate of drug-likeness (QED) is 0.539. The van der Waals surface area contributed by atoms with E-state index in [0.717, 1.165) is 0 Å². The van der Waals surface area contributed by atoms with Crippen LogP contribution in [-0.4, -0.2) is 36.6 Å². The Labute approximate surface area is 71.0 Å². The van der Waals surface area contributed by atoms with Gasteiger partial charge in [0.25, 0.3) is 0 Å². The second kappa shape index (κ2) is 3.88. The summed E-state index contributed by atoms with van der Waals surface area (Å²) >= 11 is 0. The average Bonchev–Trinajstić information content (AvgIpc) is 2.09. The molecule has 0 N–H and O–H groups in total. The highest BCUT2D eigenvalue weighted by molar-refractivity contribution is 5.79. The Morgan fingerprint density at radius 2 is 2.67 bits per heavy atom. The fraction of sp³-hybridized carbons (Fsp3) is 0.500. The maximum atomic E-state index is 11.2. The van der Waals surface area contributed by atoms with Gasteiger partial charge in [0.05, 0.1) is 12.7 Å². The van der Waals surface area contributed by atoms with Crippen molar-refractivity contribution in [2.75, 3.05) is 19.8 Å². The van der Waals surface area contributed by atoms with E-state index < -0.39 is 6.04 Å². The second-order valence-electron chi connectivity index (χ2n) is 2.49. The van der Waals surface area contributed by atoms with E-state index in [9.17, 15) is 4.79 Å². The minimum absolute atomic E-state index is 0.0754. The number of morpholine rings is 1. The maximum Gasteiger partial charge on any atom is 0.249 e. The number of amides is 1. The van der Waals surface area contributed by atoms with Crippen molar-refractivity contribution in [3.8, 4) is 6.07 Å². The molecule has 1 aliphatic rings. The molecule has 1 fully saturated rings. The molecule has 0 aromatic carbocycles. The average molecular weight is 166 g/mol. The van der Waals surface area contributed by atoms with Crippen LogP contribution in [0.2, 0.25) is 0 Å². The molecule has 0 aromatic rings.